The summed E-state index contributed by atoms with van der Waals surface area (Å²) in [5.74, 6) is 0.400. The smallest absolute Gasteiger partial charge is 0.130 e. The van der Waals surface area contributed by atoms with Crippen LogP contribution in [0.1, 0.15) is 10.9 Å². The molecular formula is C10H9Cl2N3S. The van der Waals surface area contributed by atoms with Crippen molar-refractivity contribution in [3.63, 3.8) is 0 Å². The lowest BCUT2D eigenvalue weighted by molar-refractivity contribution is 1.02. The van der Waals surface area contributed by atoms with Gasteiger partial charge in [0.05, 0.1) is 5.03 Å². The largest absolute Gasteiger partial charge is 0.393 e. The molecule has 0 spiro atoms. The Hall–Kier alpha value is -0.840. The summed E-state index contributed by atoms with van der Waals surface area (Å²) in [5.41, 5.74) is 12.2. The lowest BCUT2D eigenvalue weighted by atomic mass is 10.2. The molecule has 0 radical (unpaired) electrons. The molecule has 0 aliphatic carbocycles. The summed E-state index contributed by atoms with van der Waals surface area (Å²) in [4.78, 5) is 4.26. The normalized spacial score (nSPS) is 20.2. The van der Waals surface area contributed by atoms with E-state index in [1.54, 1.807) is 24.3 Å². The van der Waals surface area contributed by atoms with Gasteiger partial charge in [0.15, 0.2) is 0 Å². The number of halogens is 2. The Balaban J connectivity index is 2.39. The monoisotopic (exact) mass is 273 g/mol. The molecule has 6 heteroatoms. The molecule has 3 nitrogen and oxygen atoms in total. The number of amidine groups is 1. The summed E-state index contributed by atoms with van der Waals surface area (Å²) in [7, 11) is 0. The van der Waals surface area contributed by atoms with Crippen molar-refractivity contribution >= 4 is 40.8 Å². The molecule has 0 saturated carbocycles. The first-order valence-corrected chi connectivity index (χ1v) is 6.12. The second-order valence-electron chi connectivity index (χ2n) is 3.24. The number of aliphatic imine (C=N–C) groups is 1. The van der Waals surface area contributed by atoms with E-state index >= 15 is 0 Å². The lowest BCUT2D eigenvalue weighted by Gasteiger charge is -2.18. The minimum Gasteiger partial charge on any atom is -0.393 e. The molecule has 1 unspecified atom stereocenters. The average Bonchev–Trinajstić information content (AvgIpc) is 2.20. The molecule has 0 amide bonds. The van der Waals surface area contributed by atoms with Crippen LogP contribution in [-0.4, -0.2) is 5.84 Å². The van der Waals surface area contributed by atoms with Crippen molar-refractivity contribution in [2.75, 3.05) is 0 Å². The lowest BCUT2D eigenvalue weighted by Crippen LogP contribution is -2.16. The van der Waals surface area contributed by atoms with Gasteiger partial charge in [-0.2, -0.15) is 0 Å². The van der Waals surface area contributed by atoms with E-state index in [1.807, 2.05) is 0 Å². The molecule has 1 aromatic rings. The van der Waals surface area contributed by atoms with E-state index in [9.17, 15) is 0 Å². The van der Waals surface area contributed by atoms with Gasteiger partial charge >= 0.3 is 0 Å². The van der Waals surface area contributed by atoms with Gasteiger partial charge < -0.3 is 11.5 Å². The summed E-state index contributed by atoms with van der Waals surface area (Å²) < 4.78 is 0. The summed E-state index contributed by atoms with van der Waals surface area (Å²) in [5, 5.41) is 1.61. The minimum atomic E-state index is -0.226. The number of thioether (sulfide) groups is 1. The topological polar surface area (TPSA) is 64.4 Å². The maximum absolute atomic E-state index is 6.08. The van der Waals surface area contributed by atoms with Crippen LogP contribution in [0.3, 0.4) is 0 Å². The summed E-state index contributed by atoms with van der Waals surface area (Å²) in [6.45, 7) is 0. The second-order valence-corrected chi connectivity index (χ2v) is 5.23. The summed E-state index contributed by atoms with van der Waals surface area (Å²) in [6.07, 6.45) is 1.62. The third kappa shape index (κ3) is 2.45. The molecule has 0 fully saturated rings. The number of nitrogens with zero attached hydrogens (tertiary/aromatic N) is 1. The molecule has 0 saturated heterocycles. The first-order valence-electron chi connectivity index (χ1n) is 4.48. The number of nitrogens with two attached hydrogens (primary N) is 2. The zero-order valence-electron chi connectivity index (χ0n) is 8.15. The Morgan fingerprint density at radius 2 is 2.00 bits per heavy atom. The van der Waals surface area contributed by atoms with Crippen LogP contribution in [0.25, 0.3) is 0 Å². The van der Waals surface area contributed by atoms with Crippen molar-refractivity contribution in [3.05, 3.63) is 44.9 Å². The molecule has 0 aromatic heterocycles. The Morgan fingerprint density at radius 1 is 1.25 bits per heavy atom. The first-order chi connectivity index (χ1) is 7.56. The third-order valence-electron chi connectivity index (χ3n) is 2.03. The molecule has 1 heterocycles. The summed E-state index contributed by atoms with van der Waals surface area (Å²) >= 11 is 13.4. The molecule has 0 bridgehead atoms. The van der Waals surface area contributed by atoms with Gasteiger partial charge in [-0.15, -0.1) is 0 Å². The number of rotatable bonds is 1. The fraction of sp³-hybridized carbons (Fsp3) is 0.100. The maximum atomic E-state index is 6.08. The predicted octanol–water partition coefficient (Wildman–Crippen LogP) is 2.90. The molecule has 1 atom stereocenters. The van der Waals surface area contributed by atoms with Crippen molar-refractivity contribution in [3.8, 4) is 0 Å². The second kappa shape index (κ2) is 4.57. The highest BCUT2D eigenvalue weighted by atomic mass is 35.5. The van der Waals surface area contributed by atoms with Crippen LogP contribution in [-0.2, 0) is 0 Å². The first kappa shape index (κ1) is 11.6. The number of hydrogen-bond donors (Lipinski definition) is 2. The third-order valence-corrected chi connectivity index (χ3v) is 3.58. The highest BCUT2D eigenvalue weighted by Gasteiger charge is 2.19. The van der Waals surface area contributed by atoms with Gasteiger partial charge in [-0.1, -0.05) is 35.0 Å². The molecule has 1 aliphatic heterocycles. The number of benzene rings is 1. The zero-order chi connectivity index (χ0) is 11.7. The van der Waals surface area contributed by atoms with Crippen molar-refractivity contribution < 1.29 is 0 Å². The fourth-order valence-electron chi connectivity index (χ4n) is 1.34. The molecule has 2 rings (SSSR count). The van der Waals surface area contributed by atoms with Crippen molar-refractivity contribution in [1.29, 1.82) is 0 Å². The zero-order valence-corrected chi connectivity index (χ0v) is 10.5. The van der Waals surface area contributed by atoms with Crippen LogP contribution < -0.4 is 11.5 Å². The minimum absolute atomic E-state index is 0.226. The molecule has 4 N–H and O–H groups in total. The average molecular weight is 274 g/mol. The molecular weight excluding hydrogens is 265 g/mol. The van der Waals surface area contributed by atoms with Crippen LogP contribution >= 0.6 is 35.0 Å². The summed E-state index contributed by atoms with van der Waals surface area (Å²) in [6, 6.07) is 5.24. The standard InChI is InChI=1S/C10H9Cl2N3S/c11-5-1-2-7(12)6(3-5)10-15-8(13)4-9(14)16-10/h1-4,10H,14H2,(H2,13,15). The fourth-order valence-corrected chi connectivity index (χ4v) is 2.75. The van der Waals surface area contributed by atoms with Gasteiger partial charge in [0.2, 0.25) is 0 Å². The maximum Gasteiger partial charge on any atom is 0.130 e. The van der Waals surface area contributed by atoms with Crippen LogP contribution in [0.5, 0.6) is 0 Å². The van der Waals surface area contributed by atoms with Gasteiger partial charge in [0.1, 0.15) is 11.2 Å². The van der Waals surface area contributed by atoms with Gasteiger partial charge in [-0.05, 0) is 18.2 Å². The van der Waals surface area contributed by atoms with E-state index < -0.39 is 0 Å². The van der Waals surface area contributed by atoms with Gasteiger partial charge in [-0.25, -0.2) is 4.99 Å². The highest BCUT2D eigenvalue weighted by Crippen LogP contribution is 2.40. The predicted molar refractivity (Wildman–Crippen MR) is 70.7 cm³/mol. The Labute approximate surface area is 108 Å². The van der Waals surface area contributed by atoms with Crippen molar-refractivity contribution in [1.82, 2.24) is 0 Å². The van der Waals surface area contributed by atoms with E-state index in [0.29, 0.717) is 20.9 Å². The Morgan fingerprint density at radius 3 is 2.69 bits per heavy atom. The van der Waals surface area contributed by atoms with Crippen molar-refractivity contribution in [2.45, 2.75) is 5.37 Å². The van der Waals surface area contributed by atoms with E-state index in [0.717, 1.165) is 5.56 Å². The van der Waals surface area contributed by atoms with Crippen molar-refractivity contribution in [2.24, 2.45) is 16.5 Å². The molecule has 16 heavy (non-hydrogen) atoms. The van der Waals surface area contributed by atoms with Gasteiger partial charge in [0, 0.05) is 21.7 Å². The Kier molecular flexibility index (Phi) is 3.33. The Bertz CT molecular complexity index is 485. The van der Waals surface area contributed by atoms with E-state index in [4.69, 9.17) is 34.7 Å². The van der Waals surface area contributed by atoms with Crippen LogP contribution in [0.4, 0.5) is 0 Å². The highest BCUT2D eigenvalue weighted by molar-refractivity contribution is 8.03. The van der Waals surface area contributed by atoms with Crippen LogP contribution in [0.2, 0.25) is 10.0 Å². The van der Waals surface area contributed by atoms with E-state index in [-0.39, 0.29) is 5.37 Å². The van der Waals surface area contributed by atoms with Gasteiger partial charge in [0.25, 0.3) is 0 Å². The molecule has 84 valence electrons. The molecule has 1 aromatic carbocycles. The van der Waals surface area contributed by atoms with E-state index in [2.05, 4.69) is 4.99 Å². The van der Waals surface area contributed by atoms with Crippen LogP contribution in [0, 0.1) is 0 Å². The van der Waals surface area contributed by atoms with E-state index in [1.165, 1.54) is 11.8 Å². The number of hydrogen-bond acceptors (Lipinski definition) is 4. The molecule has 1 aliphatic rings. The SMILES string of the molecule is NC1=CC(N)=NC(c2cc(Cl)ccc2Cl)S1. The quantitative estimate of drug-likeness (QED) is 0.827. The van der Waals surface area contributed by atoms with Gasteiger partial charge in [-0.3, -0.25) is 0 Å². The van der Waals surface area contributed by atoms with Crippen LogP contribution in [0.15, 0.2) is 34.3 Å².